The van der Waals surface area contributed by atoms with E-state index in [1.807, 2.05) is 18.2 Å². The summed E-state index contributed by atoms with van der Waals surface area (Å²) in [5.41, 5.74) is 2.39. The highest BCUT2D eigenvalue weighted by Gasteiger charge is 2.56. The van der Waals surface area contributed by atoms with E-state index in [9.17, 15) is 9.18 Å². The lowest BCUT2D eigenvalue weighted by atomic mass is 9.45. The SMILES string of the molecule is COc1ccc(CCn2c(CN3CCN(C)CC3)nc3cc(NC(=N[C@H]4C[C@@H]5C[C@H]([C@@H]4C)C5(C)C)N4C[C@@H](C)N[C@@H](C)C4)ccc3c2=O)c(F)c1. The molecule has 3 heterocycles. The van der Waals surface area contributed by atoms with Crippen LogP contribution in [0.4, 0.5) is 10.1 Å². The maximum absolute atomic E-state index is 14.9. The number of benzene rings is 2. The Hall–Kier alpha value is -3.54. The molecule has 2 aromatic carbocycles. The smallest absolute Gasteiger partial charge is 0.261 e. The van der Waals surface area contributed by atoms with Crippen molar-refractivity contribution >= 4 is 22.5 Å². The van der Waals surface area contributed by atoms with Crippen molar-refractivity contribution < 1.29 is 9.13 Å². The molecule has 8 rings (SSSR count). The van der Waals surface area contributed by atoms with Gasteiger partial charge >= 0.3 is 0 Å². The Bertz CT molecular complexity index is 1810. The molecule has 0 amide bonds. The summed E-state index contributed by atoms with van der Waals surface area (Å²) in [5.74, 6) is 3.73. The van der Waals surface area contributed by atoms with Gasteiger partial charge < -0.3 is 25.2 Å². The molecular weight excluding hydrogens is 643 g/mol. The van der Waals surface area contributed by atoms with Crippen LogP contribution in [0, 0.1) is 29.0 Å². The molecule has 5 fully saturated rings. The molecule has 10 nitrogen and oxygen atoms in total. The summed E-state index contributed by atoms with van der Waals surface area (Å²) in [5, 5.41) is 7.96. The molecule has 0 spiro atoms. The Morgan fingerprint density at radius 1 is 1.06 bits per heavy atom. The molecule has 2 bridgehead atoms. The number of nitrogens with zero attached hydrogens (tertiary/aromatic N) is 6. The lowest BCUT2D eigenvalue weighted by Gasteiger charge is -2.61. The molecule has 2 N–H and O–H groups in total. The Labute approximate surface area is 302 Å². The van der Waals surface area contributed by atoms with Crippen molar-refractivity contribution in [3.8, 4) is 5.75 Å². The molecule has 3 aliphatic carbocycles. The number of nitrogens with one attached hydrogen (secondary N) is 2. The van der Waals surface area contributed by atoms with Crippen molar-refractivity contribution in [2.75, 3.05) is 58.7 Å². The number of rotatable bonds is 8. The van der Waals surface area contributed by atoms with Crippen molar-refractivity contribution in [2.45, 2.75) is 85.1 Å². The lowest BCUT2D eigenvalue weighted by Crippen LogP contribution is -2.59. The number of halogens is 1. The average Bonchev–Trinajstić information content (AvgIpc) is 3.09. The number of aromatic nitrogens is 2. The van der Waals surface area contributed by atoms with Crippen LogP contribution in [0.15, 0.2) is 46.2 Å². The molecule has 3 saturated carbocycles. The number of fused-ring (bicyclic) bond motifs is 3. The molecule has 2 saturated heterocycles. The largest absolute Gasteiger partial charge is 0.497 e. The molecule has 2 aliphatic heterocycles. The van der Waals surface area contributed by atoms with Crippen LogP contribution in [0.3, 0.4) is 0 Å². The monoisotopic (exact) mass is 700 g/mol. The second-order valence-electron chi connectivity index (χ2n) is 16.5. The van der Waals surface area contributed by atoms with Gasteiger partial charge in [-0.1, -0.05) is 26.8 Å². The van der Waals surface area contributed by atoms with Crippen LogP contribution >= 0.6 is 0 Å². The summed E-state index contributed by atoms with van der Waals surface area (Å²) in [7, 11) is 3.66. The van der Waals surface area contributed by atoms with E-state index in [0.717, 1.165) is 63.3 Å². The zero-order valence-corrected chi connectivity index (χ0v) is 31.6. The van der Waals surface area contributed by atoms with Crippen molar-refractivity contribution in [1.29, 1.82) is 0 Å². The zero-order valence-electron chi connectivity index (χ0n) is 31.6. The van der Waals surface area contributed by atoms with Gasteiger partial charge in [-0.15, -0.1) is 0 Å². The maximum Gasteiger partial charge on any atom is 0.261 e. The second kappa shape index (κ2) is 14.5. The van der Waals surface area contributed by atoms with E-state index in [0.29, 0.717) is 76.9 Å². The van der Waals surface area contributed by atoms with Crippen molar-refractivity contribution in [2.24, 2.45) is 28.2 Å². The number of piperazine rings is 2. The first-order chi connectivity index (χ1) is 24.4. The van der Waals surface area contributed by atoms with E-state index >= 15 is 0 Å². The van der Waals surface area contributed by atoms with Crippen LogP contribution in [-0.2, 0) is 19.5 Å². The Kier molecular flexibility index (Phi) is 10.2. The van der Waals surface area contributed by atoms with Crippen LogP contribution in [0.5, 0.6) is 5.75 Å². The van der Waals surface area contributed by atoms with Crippen LogP contribution in [0.25, 0.3) is 10.9 Å². The minimum atomic E-state index is -0.332. The average molecular weight is 701 g/mol. The summed E-state index contributed by atoms with van der Waals surface area (Å²) < 4.78 is 21.9. The van der Waals surface area contributed by atoms with Crippen LogP contribution in [0.2, 0.25) is 0 Å². The third-order valence-corrected chi connectivity index (χ3v) is 12.6. The van der Waals surface area contributed by atoms with Gasteiger partial charge in [0.1, 0.15) is 17.4 Å². The lowest BCUT2D eigenvalue weighted by molar-refractivity contribution is -0.108. The van der Waals surface area contributed by atoms with E-state index in [1.165, 1.54) is 19.6 Å². The molecule has 3 aromatic rings. The molecular formula is C40H57FN8O2. The molecule has 0 radical (unpaired) electrons. The van der Waals surface area contributed by atoms with Crippen molar-refractivity contribution in [3.63, 3.8) is 0 Å². The predicted molar refractivity (Wildman–Crippen MR) is 203 cm³/mol. The quantitative estimate of drug-likeness (QED) is 0.249. The number of methoxy groups -OCH3 is 1. The van der Waals surface area contributed by atoms with Gasteiger partial charge in [0.2, 0.25) is 0 Å². The molecule has 1 aromatic heterocycles. The number of hydrogen-bond acceptors (Lipinski definition) is 7. The van der Waals surface area contributed by atoms with Gasteiger partial charge in [0.25, 0.3) is 5.56 Å². The summed E-state index contributed by atoms with van der Waals surface area (Å²) in [6.45, 7) is 18.1. The molecule has 51 heavy (non-hydrogen) atoms. The Morgan fingerprint density at radius 2 is 1.80 bits per heavy atom. The van der Waals surface area contributed by atoms with Crippen LogP contribution in [0.1, 0.15) is 58.8 Å². The van der Waals surface area contributed by atoms with E-state index < -0.39 is 0 Å². The molecule has 5 aliphatic rings. The van der Waals surface area contributed by atoms with Gasteiger partial charge in [-0.05, 0) is 93.2 Å². The van der Waals surface area contributed by atoms with Gasteiger partial charge in [0.15, 0.2) is 5.96 Å². The third kappa shape index (κ3) is 7.39. The number of ether oxygens (including phenoxy) is 1. The number of likely N-dealkylation sites (N-methyl/N-ethyl adjacent to an activating group) is 1. The van der Waals surface area contributed by atoms with Gasteiger partial charge in [-0.3, -0.25) is 14.3 Å². The fourth-order valence-corrected chi connectivity index (χ4v) is 9.26. The third-order valence-electron chi connectivity index (χ3n) is 12.6. The number of guanidine groups is 1. The Balaban J connectivity index is 1.21. The topological polar surface area (TPSA) is 90.3 Å². The van der Waals surface area contributed by atoms with Gasteiger partial charge in [0, 0.05) is 69.7 Å². The summed E-state index contributed by atoms with van der Waals surface area (Å²) in [6, 6.07) is 11.7. The summed E-state index contributed by atoms with van der Waals surface area (Å²) >= 11 is 0. The first kappa shape index (κ1) is 35.8. The number of aryl methyl sites for hydroxylation is 1. The fraction of sp³-hybridized carbons (Fsp3) is 0.625. The molecule has 0 unspecified atom stereocenters. The van der Waals surface area contributed by atoms with Gasteiger partial charge in [-0.25, -0.2) is 14.4 Å². The van der Waals surface area contributed by atoms with E-state index in [-0.39, 0.29) is 17.4 Å². The number of aliphatic imine (C=N–C) groups is 1. The zero-order chi connectivity index (χ0) is 36.0. The normalized spacial score (nSPS) is 28.5. The van der Waals surface area contributed by atoms with Crippen LogP contribution in [-0.4, -0.2) is 102 Å². The highest BCUT2D eigenvalue weighted by atomic mass is 19.1. The number of anilines is 1. The standard InChI is InChI=1S/C40H57FN8O2/c1-25-22-48(23-26(2)42-25)39(45-35-19-29-18-33(27(35)3)40(29,4)5)43-30-9-11-32-36(20-30)44-37(24-47-16-14-46(6)15-17-47)49(38(32)50)13-12-28-8-10-31(51-7)21-34(28)41/h8-11,20-21,25-27,29,33,35,42H,12-19,22-24H2,1-7H3,(H,43,45)/t25-,26+,27-,29-,33+,35-/m0/s1. The molecule has 6 atom stereocenters. The minimum absolute atomic E-state index is 0.0962. The highest BCUT2D eigenvalue weighted by molar-refractivity contribution is 5.96. The van der Waals surface area contributed by atoms with Gasteiger partial charge in [0.05, 0.1) is 30.6 Å². The van der Waals surface area contributed by atoms with Gasteiger partial charge in [-0.2, -0.15) is 0 Å². The number of hydrogen-bond donors (Lipinski definition) is 2. The highest BCUT2D eigenvalue weighted by Crippen LogP contribution is 2.61. The van der Waals surface area contributed by atoms with Crippen LogP contribution < -0.4 is 20.9 Å². The predicted octanol–water partition coefficient (Wildman–Crippen LogP) is 5.06. The molecule has 276 valence electrons. The fourth-order valence-electron chi connectivity index (χ4n) is 9.26. The summed E-state index contributed by atoms with van der Waals surface area (Å²) in [6.07, 6.45) is 2.82. The minimum Gasteiger partial charge on any atom is -0.497 e. The van der Waals surface area contributed by atoms with E-state index in [2.05, 4.69) is 67.0 Å². The van der Waals surface area contributed by atoms with E-state index in [4.69, 9.17) is 14.7 Å². The summed E-state index contributed by atoms with van der Waals surface area (Å²) in [4.78, 5) is 32.0. The first-order valence-corrected chi connectivity index (χ1v) is 19.0. The molecule has 11 heteroatoms. The van der Waals surface area contributed by atoms with Crippen molar-refractivity contribution in [3.05, 3.63) is 64.0 Å². The first-order valence-electron chi connectivity index (χ1n) is 19.0. The maximum atomic E-state index is 14.9. The Morgan fingerprint density at radius 3 is 2.47 bits per heavy atom. The van der Waals surface area contributed by atoms with E-state index in [1.54, 1.807) is 16.7 Å². The second-order valence-corrected chi connectivity index (χ2v) is 16.5. The van der Waals surface area contributed by atoms with Crippen molar-refractivity contribution in [1.82, 2.24) is 29.6 Å².